The van der Waals surface area contributed by atoms with Crippen LogP contribution < -0.4 is 0 Å². The average Bonchev–Trinajstić information content (AvgIpc) is 1.62. The summed E-state index contributed by atoms with van der Waals surface area (Å²) in [6, 6.07) is 0. The van der Waals surface area contributed by atoms with Crippen LogP contribution in [0.1, 0.15) is 0 Å². The summed E-state index contributed by atoms with van der Waals surface area (Å²) in [6.45, 7) is 2.93. The molecule has 0 aliphatic heterocycles. The SMILES string of the molecule is C=C([C]=O)S(C)(=O)=O. The van der Waals surface area contributed by atoms with E-state index in [-0.39, 0.29) is 0 Å². The molecule has 0 heterocycles. The standard InChI is InChI=1S/C4H5O3S/c1-4(3-5)8(2,6)7/h1H2,2H3. The Morgan fingerprint density at radius 1 is 1.62 bits per heavy atom. The van der Waals surface area contributed by atoms with Gasteiger partial charge in [0.2, 0.25) is 6.29 Å². The van der Waals surface area contributed by atoms with E-state index in [1.165, 1.54) is 6.29 Å². The van der Waals surface area contributed by atoms with Gasteiger partial charge in [0, 0.05) is 6.26 Å². The van der Waals surface area contributed by atoms with E-state index < -0.39 is 14.7 Å². The molecule has 0 aromatic carbocycles. The fraction of sp³-hybridized carbons (Fsp3) is 0.250. The number of rotatable bonds is 2. The van der Waals surface area contributed by atoms with Gasteiger partial charge in [-0.25, -0.2) is 8.42 Å². The van der Waals surface area contributed by atoms with Gasteiger partial charge >= 0.3 is 0 Å². The van der Waals surface area contributed by atoms with Gasteiger partial charge in [0.15, 0.2) is 9.84 Å². The minimum Gasteiger partial charge on any atom is -0.284 e. The molecule has 0 amide bonds. The summed E-state index contributed by atoms with van der Waals surface area (Å²) in [4.78, 5) is 9.05. The smallest absolute Gasteiger partial charge is 0.245 e. The van der Waals surface area contributed by atoms with E-state index in [0.29, 0.717) is 0 Å². The van der Waals surface area contributed by atoms with Crippen LogP contribution in [-0.4, -0.2) is 21.0 Å². The van der Waals surface area contributed by atoms with Crippen molar-refractivity contribution in [2.24, 2.45) is 0 Å². The van der Waals surface area contributed by atoms with Gasteiger partial charge in [-0.05, 0) is 0 Å². The fourth-order valence-electron chi connectivity index (χ4n) is 0.0757. The molecule has 3 nitrogen and oxygen atoms in total. The molecule has 8 heavy (non-hydrogen) atoms. The quantitative estimate of drug-likeness (QED) is 0.484. The maximum atomic E-state index is 10.2. The first kappa shape index (κ1) is 7.36. The zero-order chi connectivity index (χ0) is 6.78. The first-order chi connectivity index (χ1) is 3.48. The van der Waals surface area contributed by atoms with Crippen molar-refractivity contribution in [2.45, 2.75) is 0 Å². The average molecular weight is 133 g/mol. The Hall–Kier alpha value is -0.640. The third kappa shape index (κ3) is 1.88. The van der Waals surface area contributed by atoms with Gasteiger partial charge in [-0.15, -0.1) is 0 Å². The van der Waals surface area contributed by atoms with E-state index in [1.807, 2.05) is 0 Å². The highest BCUT2D eigenvalue weighted by Gasteiger charge is 2.05. The second kappa shape index (κ2) is 2.09. The lowest BCUT2D eigenvalue weighted by Crippen LogP contribution is -1.99. The predicted octanol–water partition coefficient (Wildman–Crippen LogP) is -0.346. The third-order valence-electron chi connectivity index (χ3n) is 0.561. The van der Waals surface area contributed by atoms with E-state index in [0.717, 1.165) is 6.26 Å². The van der Waals surface area contributed by atoms with Crippen molar-refractivity contribution in [3.63, 3.8) is 0 Å². The molecule has 0 aliphatic rings. The summed E-state index contributed by atoms with van der Waals surface area (Å²) < 4.78 is 20.4. The van der Waals surface area contributed by atoms with Gasteiger partial charge in [-0.3, -0.25) is 4.79 Å². The normalized spacial score (nSPS) is 10.6. The topological polar surface area (TPSA) is 51.2 Å². The van der Waals surface area contributed by atoms with Gasteiger partial charge in [0.05, 0.1) is 0 Å². The van der Waals surface area contributed by atoms with Gasteiger partial charge < -0.3 is 0 Å². The van der Waals surface area contributed by atoms with Crippen LogP contribution in [0.2, 0.25) is 0 Å². The van der Waals surface area contributed by atoms with Crippen molar-refractivity contribution in [3.05, 3.63) is 11.5 Å². The zero-order valence-corrected chi connectivity index (χ0v) is 5.16. The number of sulfone groups is 1. The maximum absolute atomic E-state index is 10.2. The van der Waals surface area contributed by atoms with Gasteiger partial charge in [0.25, 0.3) is 0 Å². The van der Waals surface area contributed by atoms with E-state index >= 15 is 0 Å². The Morgan fingerprint density at radius 2 is 2.00 bits per heavy atom. The van der Waals surface area contributed by atoms with Crippen LogP contribution in [0.3, 0.4) is 0 Å². The van der Waals surface area contributed by atoms with E-state index in [1.54, 1.807) is 0 Å². The number of carbonyl (C=O) groups excluding carboxylic acids is 1. The Bertz CT molecular complexity index is 199. The van der Waals surface area contributed by atoms with Crippen molar-refractivity contribution in [1.82, 2.24) is 0 Å². The van der Waals surface area contributed by atoms with Crippen molar-refractivity contribution in [1.29, 1.82) is 0 Å². The molecule has 0 saturated heterocycles. The first-order valence-electron chi connectivity index (χ1n) is 1.75. The van der Waals surface area contributed by atoms with Gasteiger partial charge in [-0.2, -0.15) is 0 Å². The van der Waals surface area contributed by atoms with Crippen LogP contribution in [0, 0.1) is 0 Å². The molecule has 0 N–H and O–H groups in total. The van der Waals surface area contributed by atoms with Crippen LogP contribution in [0.25, 0.3) is 0 Å². The van der Waals surface area contributed by atoms with E-state index in [4.69, 9.17) is 0 Å². The maximum Gasteiger partial charge on any atom is 0.245 e. The molecular formula is C4H5O3S. The molecule has 0 rings (SSSR count). The van der Waals surface area contributed by atoms with Crippen LogP contribution in [0.5, 0.6) is 0 Å². The summed E-state index contributed by atoms with van der Waals surface area (Å²) in [5.74, 6) is 0. The monoisotopic (exact) mass is 133 g/mol. The lowest BCUT2D eigenvalue weighted by Gasteiger charge is -1.85. The minimum absolute atomic E-state index is 0.502. The molecule has 45 valence electrons. The van der Waals surface area contributed by atoms with Gasteiger partial charge in [0.1, 0.15) is 4.91 Å². The van der Waals surface area contributed by atoms with Crippen LogP contribution in [0.4, 0.5) is 0 Å². The summed E-state index contributed by atoms with van der Waals surface area (Å²) in [6.07, 6.45) is 2.08. The molecule has 1 radical (unpaired) electrons. The molecule has 0 aromatic rings. The highest BCUT2D eigenvalue weighted by molar-refractivity contribution is 7.95. The predicted molar refractivity (Wildman–Crippen MR) is 29.7 cm³/mol. The molecule has 0 fully saturated rings. The first-order valence-corrected chi connectivity index (χ1v) is 3.64. The molecule has 4 heteroatoms. The molecule has 0 atom stereocenters. The van der Waals surface area contributed by atoms with Crippen molar-refractivity contribution >= 4 is 16.1 Å². The molecule has 0 aromatic heterocycles. The number of hydrogen-bond acceptors (Lipinski definition) is 3. The minimum atomic E-state index is -3.37. The molecule has 0 spiro atoms. The second-order valence-electron chi connectivity index (χ2n) is 1.30. The Kier molecular flexibility index (Phi) is 1.92. The molecule has 0 aliphatic carbocycles. The van der Waals surface area contributed by atoms with Crippen molar-refractivity contribution in [3.8, 4) is 0 Å². The van der Waals surface area contributed by atoms with Crippen molar-refractivity contribution < 1.29 is 13.2 Å². The Labute approximate surface area is 47.9 Å². The Balaban J connectivity index is 4.53. The summed E-state index contributed by atoms with van der Waals surface area (Å²) in [5.41, 5.74) is 0. The lowest BCUT2D eigenvalue weighted by atomic mass is 10.7. The summed E-state index contributed by atoms with van der Waals surface area (Å²) >= 11 is 0. The largest absolute Gasteiger partial charge is 0.284 e. The second-order valence-corrected chi connectivity index (χ2v) is 3.33. The summed E-state index contributed by atoms with van der Waals surface area (Å²) in [5, 5.41) is 0. The van der Waals surface area contributed by atoms with Crippen LogP contribution in [0.15, 0.2) is 11.5 Å². The van der Waals surface area contributed by atoms with Gasteiger partial charge in [-0.1, -0.05) is 6.58 Å². The molecule has 0 unspecified atom stereocenters. The molecular weight excluding hydrogens is 128 g/mol. The van der Waals surface area contributed by atoms with E-state index in [2.05, 4.69) is 6.58 Å². The highest BCUT2D eigenvalue weighted by atomic mass is 32.2. The number of allylic oxidation sites excluding steroid dienone is 1. The highest BCUT2D eigenvalue weighted by Crippen LogP contribution is 1.93. The molecule has 0 bridgehead atoms. The number of hydrogen-bond donors (Lipinski definition) is 0. The lowest BCUT2D eigenvalue weighted by molar-refractivity contribution is 0.562. The zero-order valence-electron chi connectivity index (χ0n) is 4.34. The van der Waals surface area contributed by atoms with Crippen LogP contribution in [-0.2, 0) is 14.6 Å². The van der Waals surface area contributed by atoms with E-state index in [9.17, 15) is 13.2 Å². The van der Waals surface area contributed by atoms with Crippen LogP contribution >= 0.6 is 0 Å². The molecule has 0 saturated carbocycles. The summed E-state index contributed by atoms with van der Waals surface area (Å²) in [7, 11) is -3.37. The Morgan fingerprint density at radius 3 is 2.00 bits per heavy atom. The fourth-order valence-corrected chi connectivity index (χ4v) is 0.227. The van der Waals surface area contributed by atoms with Crippen molar-refractivity contribution in [2.75, 3.05) is 6.26 Å². The third-order valence-corrected chi connectivity index (χ3v) is 1.54.